The summed E-state index contributed by atoms with van der Waals surface area (Å²) in [7, 11) is 0. The minimum atomic E-state index is -0.168. The van der Waals surface area contributed by atoms with Gasteiger partial charge in [0.25, 0.3) is 0 Å². The molecule has 0 atom stereocenters. The van der Waals surface area contributed by atoms with Gasteiger partial charge in [0.2, 0.25) is 0 Å². The molecule has 2 heteroatoms. The Morgan fingerprint density at radius 2 is 2.20 bits per heavy atom. The number of allylic oxidation sites excluding steroid dienone is 2. The van der Waals surface area contributed by atoms with E-state index in [1.807, 2.05) is 13.0 Å². The van der Waals surface area contributed by atoms with Gasteiger partial charge in [-0.05, 0) is 49.9 Å². The quantitative estimate of drug-likeness (QED) is 0.532. The smallest absolute Gasteiger partial charge is 0.123 e. The van der Waals surface area contributed by atoms with Crippen molar-refractivity contribution in [2.75, 3.05) is 5.88 Å². The largest absolute Gasteiger partial charge is 0.207 e. The molecule has 0 aromatic heterocycles. The monoisotopic (exact) mass is 226 g/mol. The lowest BCUT2D eigenvalue weighted by atomic mass is 10.0. The van der Waals surface area contributed by atoms with Crippen molar-refractivity contribution in [3.05, 3.63) is 46.8 Å². The van der Waals surface area contributed by atoms with Crippen LogP contribution >= 0.6 is 11.6 Å². The number of hydrogen-bond acceptors (Lipinski definition) is 0. The summed E-state index contributed by atoms with van der Waals surface area (Å²) in [6.45, 7) is 4.02. The Balaban J connectivity index is 2.72. The third-order valence-corrected chi connectivity index (χ3v) is 2.59. The maximum atomic E-state index is 12.9. The van der Waals surface area contributed by atoms with E-state index in [-0.39, 0.29) is 5.82 Å². The summed E-state index contributed by atoms with van der Waals surface area (Å²) in [5, 5.41) is 0. The van der Waals surface area contributed by atoms with Crippen LogP contribution in [0.5, 0.6) is 0 Å². The number of aryl methyl sites for hydroxylation is 1. The van der Waals surface area contributed by atoms with Gasteiger partial charge >= 0.3 is 0 Å². The van der Waals surface area contributed by atoms with Gasteiger partial charge in [-0.3, -0.25) is 0 Å². The average Bonchev–Trinajstić information content (AvgIpc) is 2.19. The molecule has 0 nitrogen and oxygen atoms in total. The van der Waals surface area contributed by atoms with E-state index in [1.54, 1.807) is 6.07 Å². The first-order chi connectivity index (χ1) is 7.13. The SMILES string of the molecule is C/C(=C/CCCl)Cc1ccc(F)cc1C. The molecule has 0 aliphatic heterocycles. The summed E-state index contributed by atoms with van der Waals surface area (Å²) >= 11 is 5.61. The van der Waals surface area contributed by atoms with Crippen LogP contribution in [0.25, 0.3) is 0 Å². The van der Waals surface area contributed by atoms with Gasteiger partial charge in [0.05, 0.1) is 0 Å². The van der Waals surface area contributed by atoms with Crippen LogP contribution in [0.3, 0.4) is 0 Å². The van der Waals surface area contributed by atoms with Gasteiger partial charge in [0.1, 0.15) is 5.82 Å². The first kappa shape index (κ1) is 12.3. The third kappa shape index (κ3) is 4.05. The fourth-order valence-electron chi connectivity index (χ4n) is 1.53. The summed E-state index contributed by atoms with van der Waals surface area (Å²) in [6, 6.07) is 4.93. The fourth-order valence-corrected chi connectivity index (χ4v) is 1.64. The van der Waals surface area contributed by atoms with Crippen LogP contribution in [0.4, 0.5) is 4.39 Å². The molecule has 1 aromatic rings. The predicted molar refractivity (Wildman–Crippen MR) is 63.9 cm³/mol. The maximum absolute atomic E-state index is 12.9. The molecule has 0 radical (unpaired) electrons. The zero-order valence-electron chi connectivity index (χ0n) is 9.19. The van der Waals surface area contributed by atoms with E-state index in [4.69, 9.17) is 11.6 Å². The molecular formula is C13H16ClF. The van der Waals surface area contributed by atoms with Crippen LogP contribution in [-0.4, -0.2) is 5.88 Å². The zero-order chi connectivity index (χ0) is 11.3. The lowest BCUT2D eigenvalue weighted by molar-refractivity contribution is 0.625. The summed E-state index contributed by atoms with van der Waals surface area (Å²) in [6.07, 6.45) is 3.91. The zero-order valence-corrected chi connectivity index (χ0v) is 9.94. The van der Waals surface area contributed by atoms with E-state index in [2.05, 4.69) is 13.0 Å². The van der Waals surface area contributed by atoms with Crippen LogP contribution in [0.2, 0.25) is 0 Å². The van der Waals surface area contributed by atoms with Gasteiger partial charge < -0.3 is 0 Å². The van der Waals surface area contributed by atoms with Gasteiger partial charge in [-0.15, -0.1) is 11.6 Å². The molecule has 0 unspecified atom stereocenters. The Morgan fingerprint density at radius 1 is 1.47 bits per heavy atom. The van der Waals surface area contributed by atoms with Crippen molar-refractivity contribution < 1.29 is 4.39 Å². The minimum absolute atomic E-state index is 0.168. The van der Waals surface area contributed by atoms with Crippen molar-refractivity contribution in [1.82, 2.24) is 0 Å². The van der Waals surface area contributed by atoms with Crippen LogP contribution < -0.4 is 0 Å². The predicted octanol–water partition coefficient (Wildman–Crippen LogP) is 4.25. The Morgan fingerprint density at radius 3 is 2.80 bits per heavy atom. The molecule has 0 saturated heterocycles. The molecule has 1 rings (SSSR count). The van der Waals surface area contributed by atoms with Crippen LogP contribution in [0.15, 0.2) is 29.8 Å². The van der Waals surface area contributed by atoms with Crippen LogP contribution in [0, 0.1) is 12.7 Å². The highest BCUT2D eigenvalue weighted by molar-refractivity contribution is 6.17. The van der Waals surface area contributed by atoms with Gasteiger partial charge in [-0.2, -0.15) is 0 Å². The number of hydrogen-bond donors (Lipinski definition) is 0. The van der Waals surface area contributed by atoms with Gasteiger partial charge in [0.15, 0.2) is 0 Å². The highest BCUT2D eigenvalue weighted by Gasteiger charge is 2.00. The molecule has 0 aliphatic carbocycles. The molecule has 82 valence electrons. The van der Waals surface area contributed by atoms with E-state index in [0.717, 1.165) is 18.4 Å². The normalized spacial score (nSPS) is 11.9. The van der Waals surface area contributed by atoms with Gasteiger partial charge in [0, 0.05) is 5.88 Å². The number of alkyl halides is 1. The molecule has 0 spiro atoms. The van der Waals surface area contributed by atoms with E-state index >= 15 is 0 Å². The summed E-state index contributed by atoms with van der Waals surface area (Å²) in [5.74, 6) is 0.485. The standard InChI is InChI=1S/C13H16ClF/c1-10(4-3-7-14)8-12-5-6-13(15)9-11(12)2/h4-6,9H,3,7-8H2,1-2H3/b10-4-. The minimum Gasteiger partial charge on any atom is -0.207 e. The third-order valence-electron chi connectivity index (χ3n) is 2.38. The average molecular weight is 227 g/mol. The van der Waals surface area contributed by atoms with Crippen molar-refractivity contribution in [2.45, 2.75) is 26.7 Å². The van der Waals surface area contributed by atoms with E-state index in [1.165, 1.54) is 17.2 Å². The highest BCUT2D eigenvalue weighted by atomic mass is 35.5. The Kier molecular flexibility index (Phi) is 4.83. The molecule has 0 N–H and O–H groups in total. The molecule has 15 heavy (non-hydrogen) atoms. The van der Waals surface area contributed by atoms with Gasteiger partial charge in [-0.25, -0.2) is 4.39 Å². The second-order valence-electron chi connectivity index (χ2n) is 3.78. The van der Waals surface area contributed by atoms with Gasteiger partial charge in [-0.1, -0.05) is 17.7 Å². The molecule has 0 saturated carbocycles. The van der Waals surface area contributed by atoms with Crippen LogP contribution in [-0.2, 0) is 6.42 Å². The molecule has 0 bridgehead atoms. The van der Waals surface area contributed by atoms with E-state index in [9.17, 15) is 4.39 Å². The fraction of sp³-hybridized carbons (Fsp3) is 0.385. The molecule has 0 amide bonds. The Bertz CT molecular complexity index is 356. The first-order valence-electron chi connectivity index (χ1n) is 5.10. The Hall–Kier alpha value is -0.820. The van der Waals surface area contributed by atoms with E-state index < -0.39 is 0 Å². The summed E-state index contributed by atoms with van der Waals surface area (Å²) < 4.78 is 12.9. The highest BCUT2D eigenvalue weighted by Crippen LogP contribution is 2.14. The lowest BCUT2D eigenvalue weighted by Gasteiger charge is -2.06. The van der Waals surface area contributed by atoms with Crippen molar-refractivity contribution in [2.24, 2.45) is 0 Å². The first-order valence-corrected chi connectivity index (χ1v) is 5.63. The summed E-state index contributed by atoms with van der Waals surface area (Å²) in [4.78, 5) is 0. The molecule has 0 heterocycles. The second-order valence-corrected chi connectivity index (χ2v) is 4.15. The van der Waals surface area contributed by atoms with Crippen molar-refractivity contribution in [3.63, 3.8) is 0 Å². The maximum Gasteiger partial charge on any atom is 0.123 e. The van der Waals surface area contributed by atoms with Crippen molar-refractivity contribution in [3.8, 4) is 0 Å². The molecule has 0 aliphatic rings. The molecule has 0 fully saturated rings. The van der Waals surface area contributed by atoms with Crippen molar-refractivity contribution in [1.29, 1.82) is 0 Å². The van der Waals surface area contributed by atoms with E-state index in [0.29, 0.717) is 5.88 Å². The second kappa shape index (κ2) is 5.92. The summed E-state index contributed by atoms with van der Waals surface area (Å²) in [5.41, 5.74) is 3.47. The number of rotatable bonds is 4. The molecule has 1 aromatic carbocycles. The lowest BCUT2D eigenvalue weighted by Crippen LogP contribution is -1.92. The topological polar surface area (TPSA) is 0 Å². The Labute approximate surface area is 95.8 Å². The van der Waals surface area contributed by atoms with Crippen molar-refractivity contribution >= 4 is 11.6 Å². The molecular weight excluding hydrogens is 211 g/mol. The number of benzene rings is 1. The van der Waals surface area contributed by atoms with Crippen LogP contribution in [0.1, 0.15) is 24.5 Å². The number of halogens is 2.